The maximum Gasteiger partial charge on any atom is 0.285 e. The molecule has 0 spiro atoms. The molecule has 0 aliphatic heterocycles. The predicted octanol–water partition coefficient (Wildman–Crippen LogP) is 1.39. The molecule has 0 aliphatic carbocycles. The molecule has 0 bridgehead atoms. The zero-order valence-electron chi connectivity index (χ0n) is 5.27. The summed E-state index contributed by atoms with van der Waals surface area (Å²) in [4.78, 5) is 0.219. The zero-order valence-corrected chi connectivity index (χ0v) is 6.09. The second kappa shape index (κ2) is 2.31. The highest BCUT2D eigenvalue weighted by Gasteiger charge is 2.06. The van der Waals surface area contributed by atoms with E-state index in [-0.39, 0.29) is 4.84 Å². The Kier molecular flexibility index (Phi) is 1.32. The zero-order chi connectivity index (χ0) is 7.68. The van der Waals surface area contributed by atoms with Crippen molar-refractivity contribution in [3.63, 3.8) is 0 Å². The lowest BCUT2D eigenvalue weighted by atomic mass is 10.5. The Hall–Kier alpha value is -1.43. The van der Waals surface area contributed by atoms with Gasteiger partial charge in [0.05, 0.1) is 6.20 Å². The average Bonchev–Trinajstić information content (AvgIpc) is 2.55. The van der Waals surface area contributed by atoms with Gasteiger partial charge in [0, 0.05) is 6.07 Å². The van der Waals surface area contributed by atoms with Crippen molar-refractivity contribution in [3.8, 4) is 11.7 Å². The molecule has 6 heteroatoms. The van der Waals surface area contributed by atoms with Gasteiger partial charge in [-0.05, 0) is 12.2 Å². The van der Waals surface area contributed by atoms with Gasteiger partial charge in [-0.25, -0.2) is 5.10 Å². The maximum absolute atomic E-state index is 4.94. The van der Waals surface area contributed by atoms with Crippen LogP contribution in [0.5, 0.6) is 0 Å². The number of rotatable bonds is 1. The van der Waals surface area contributed by atoms with E-state index in [0.717, 1.165) is 0 Å². The quantitative estimate of drug-likeness (QED) is 0.653. The molecule has 2 rings (SSSR count). The number of nitrogens with one attached hydrogen (secondary N) is 1. The summed E-state index contributed by atoms with van der Waals surface area (Å²) in [6, 6.07) is 1.63. The molecule has 0 saturated carbocycles. The van der Waals surface area contributed by atoms with E-state index in [1.165, 1.54) is 6.20 Å². The van der Waals surface area contributed by atoms with Gasteiger partial charge in [-0.15, -0.1) is 5.10 Å². The van der Waals surface area contributed by atoms with E-state index in [9.17, 15) is 0 Å². The number of aromatic amines is 1. The van der Waals surface area contributed by atoms with Crippen molar-refractivity contribution in [2.75, 3.05) is 0 Å². The standard InChI is InChI=1S/C5H3N3O2S/c11-5-8-7-4(9-5)3-1-2-6-10-3/h1-2H,(H,8,11). The van der Waals surface area contributed by atoms with Crippen LogP contribution < -0.4 is 0 Å². The molecule has 2 aromatic rings. The molecule has 2 aromatic heterocycles. The van der Waals surface area contributed by atoms with Crippen LogP contribution in [0, 0.1) is 4.84 Å². The van der Waals surface area contributed by atoms with Gasteiger partial charge < -0.3 is 8.94 Å². The Balaban J connectivity index is 2.53. The van der Waals surface area contributed by atoms with Crippen LogP contribution in [-0.4, -0.2) is 15.4 Å². The fraction of sp³-hybridized carbons (Fsp3) is 0. The van der Waals surface area contributed by atoms with Crippen molar-refractivity contribution in [1.29, 1.82) is 0 Å². The minimum atomic E-state index is 0.219. The monoisotopic (exact) mass is 169 g/mol. The molecule has 5 nitrogen and oxygen atoms in total. The van der Waals surface area contributed by atoms with E-state index in [2.05, 4.69) is 27.6 Å². The Morgan fingerprint density at radius 2 is 2.45 bits per heavy atom. The smallest absolute Gasteiger partial charge is 0.285 e. The molecule has 0 aliphatic rings. The van der Waals surface area contributed by atoms with Crippen molar-refractivity contribution < 1.29 is 8.94 Å². The number of aromatic nitrogens is 3. The molecule has 2 heterocycles. The van der Waals surface area contributed by atoms with E-state index in [1.807, 2.05) is 0 Å². The van der Waals surface area contributed by atoms with Crippen molar-refractivity contribution in [1.82, 2.24) is 15.4 Å². The third-order valence-corrected chi connectivity index (χ3v) is 1.26. The molecule has 0 fully saturated rings. The first-order chi connectivity index (χ1) is 5.36. The first kappa shape index (κ1) is 6.29. The third-order valence-electron chi connectivity index (χ3n) is 1.09. The third kappa shape index (κ3) is 1.07. The predicted molar refractivity (Wildman–Crippen MR) is 37.2 cm³/mol. The molecular weight excluding hydrogens is 166 g/mol. The highest BCUT2D eigenvalue weighted by molar-refractivity contribution is 7.71. The highest BCUT2D eigenvalue weighted by atomic mass is 32.1. The largest absolute Gasteiger partial charge is 0.406 e. The van der Waals surface area contributed by atoms with Crippen LogP contribution in [0.3, 0.4) is 0 Å². The summed E-state index contributed by atoms with van der Waals surface area (Å²) in [7, 11) is 0. The van der Waals surface area contributed by atoms with Crippen LogP contribution in [0.2, 0.25) is 0 Å². The molecule has 0 radical (unpaired) electrons. The van der Waals surface area contributed by atoms with Crippen LogP contribution in [0.1, 0.15) is 0 Å². The van der Waals surface area contributed by atoms with Crippen LogP contribution in [-0.2, 0) is 0 Å². The van der Waals surface area contributed by atoms with Crippen LogP contribution in [0.25, 0.3) is 11.7 Å². The number of hydrogen-bond acceptors (Lipinski definition) is 5. The van der Waals surface area contributed by atoms with E-state index < -0.39 is 0 Å². The van der Waals surface area contributed by atoms with Gasteiger partial charge in [-0.1, -0.05) is 5.16 Å². The van der Waals surface area contributed by atoms with E-state index in [4.69, 9.17) is 8.94 Å². The molecule has 0 saturated heterocycles. The Morgan fingerprint density at radius 1 is 1.55 bits per heavy atom. The fourth-order valence-corrected chi connectivity index (χ4v) is 0.786. The van der Waals surface area contributed by atoms with Crippen molar-refractivity contribution in [3.05, 3.63) is 17.1 Å². The lowest BCUT2D eigenvalue weighted by Crippen LogP contribution is -1.71. The minimum Gasteiger partial charge on any atom is -0.406 e. The first-order valence-corrected chi connectivity index (χ1v) is 3.23. The van der Waals surface area contributed by atoms with Crippen LogP contribution in [0.4, 0.5) is 0 Å². The van der Waals surface area contributed by atoms with E-state index in [1.54, 1.807) is 6.07 Å². The number of H-pyrrole nitrogens is 1. The molecule has 0 unspecified atom stereocenters. The highest BCUT2D eigenvalue weighted by Crippen LogP contribution is 2.14. The van der Waals surface area contributed by atoms with E-state index >= 15 is 0 Å². The van der Waals surface area contributed by atoms with Gasteiger partial charge in [0.1, 0.15) is 0 Å². The lowest BCUT2D eigenvalue weighted by Gasteiger charge is -1.79. The first-order valence-electron chi connectivity index (χ1n) is 2.83. The molecular formula is C5H3N3O2S. The summed E-state index contributed by atoms with van der Waals surface area (Å²) < 4.78 is 9.70. The number of hydrogen-bond donors (Lipinski definition) is 1. The fourth-order valence-electron chi connectivity index (χ4n) is 0.661. The Labute approximate surface area is 66.0 Å². The molecule has 0 aromatic carbocycles. The SMILES string of the molecule is S=c1[nH]nc(-c2ccno2)o1. The second-order valence-corrected chi connectivity index (χ2v) is 2.17. The van der Waals surface area contributed by atoms with Gasteiger partial charge >= 0.3 is 0 Å². The Morgan fingerprint density at radius 3 is 3.00 bits per heavy atom. The van der Waals surface area contributed by atoms with Crippen LogP contribution >= 0.6 is 12.2 Å². The van der Waals surface area contributed by atoms with Gasteiger partial charge in [-0.2, -0.15) is 0 Å². The summed E-state index contributed by atoms with van der Waals surface area (Å²) in [5.74, 6) is 0.768. The Bertz CT molecular complexity index is 388. The average molecular weight is 169 g/mol. The maximum atomic E-state index is 4.94. The summed E-state index contributed by atoms with van der Waals surface area (Å²) in [5.41, 5.74) is 0. The summed E-state index contributed by atoms with van der Waals surface area (Å²) >= 11 is 4.66. The van der Waals surface area contributed by atoms with E-state index in [0.29, 0.717) is 11.7 Å². The van der Waals surface area contributed by atoms with Crippen molar-refractivity contribution >= 4 is 12.2 Å². The minimum absolute atomic E-state index is 0.219. The summed E-state index contributed by atoms with van der Waals surface area (Å²) in [6.07, 6.45) is 1.50. The van der Waals surface area contributed by atoms with Crippen molar-refractivity contribution in [2.45, 2.75) is 0 Å². The van der Waals surface area contributed by atoms with Gasteiger partial charge in [-0.3, -0.25) is 0 Å². The molecule has 0 amide bonds. The second-order valence-electron chi connectivity index (χ2n) is 1.79. The topological polar surface area (TPSA) is 67.8 Å². The summed E-state index contributed by atoms with van der Waals surface area (Å²) in [5, 5.41) is 9.68. The normalized spacial score (nSPS) is 10.2. The van der Waals surface area contributed by atoms with Gasteiger partial charge in [0.25, 0.3) is 10.7 Å². The lowest BCUT2D eigenvalue weighted by molar-refractivity contribution is 0.414. The molecule has 11 heavy (non-hydrogen) atoms. The molecule has 0 atom stereocenters. The molecule has 56 valence electrons. The molecule has 1 N–H and O–H groups in total. The number of nitrogens with zero attached hydrogens (tertiary/aromatic N) is 2. The summed E-state index contributed by atoms with van der Waals surface area (Å²) in [6.45, 7) is 0. The van der Waals surface area contributed by atoms with Crippen LogP contribution in [0.15, 0.2) is 21.2 Å². The van der Waals surface area contributed by atoms with Gasteiger partial charge in [0.2, 0.25) is 5.76 Å². The van der Waals surface area contributed by atoms with Crippen molar-refractivity contribution in [2.24, 2.45) is 0 Å². The van der Waals surface area contributed by atoms with Gasteiger partial charge in [0.15, 0.2) is 0 Å².